The van der Waals surface area contributed by atoms with E-state index in [2.05, 4.69) is 5.32 Å². The zero-order valence-corrected chi connectivity index (χ0v) is 14.4. The predicted octanol–water partition coefficient (Wildman–Crippen LogP) is 3.07. The smallest absolute Gasteiger partial charge is 0.314 e. The number of amides is 1. The largest absolute Gasteiger partial charge is 0.497 e. The van der Waals surface area contributed by atoms with Crippen molar-refractivity contribution in [2.24, 2.45) is 0 Å². The van der Waals surface area contributed by atoms with E-state index in [1.807, 2.05) is 0 Å². The molecule has 25 heavy (non-hydrogen) atoms. The number of nitrogens with one attached hydrogen (secondary N) is 1. The van der Waals surface area contributed by atoms with E-state index < -0.39 is 17.3 Å². The van der Waals surface area contributed by atoms with E-state index in [4.69, 9.17) is 9.47 Å². The SMILES string of the molecule is COc1ccc(NC(=O)C[C@@](C)(C(=O)O)c2ccccc2)c(OC)c1. The number of carbonyl (C=O) groups is 2. The van der Waals surface area contributed by atoms with Crippen LogP contribution in [0.2, 0.25) is 0 Å². The molecule has 1 atom stereocenters. The minimum atomic E-state index is -1.33. The van der Waals surface area contributed by atoms with E-state index in [9.17, 15) is 14.7 Å². The van der Waals surface area contributed by atoms with E-state index >= 15 is 0 Å². The van der Waals surface area contributed by atoms with E-state index in [0.29, 0.717) is 22.7 Å². The number of benzene rings is 2. The lowest BCUT2D eigenvalue weighted by Crippen LogP contribution is -2.36. The monoisotopic (exact) mass is 343 g/mol. The van der Waals surface area contributed by atoms with Crippen LogP contribution < -0.4 is 14.8 Å². The topological polar surface area (TPSA) is 84.9 Å². The van der Waals surface area contributed by atoms with Gasteiger partial charge in [0, 0.05) is 12.5 Å². The van der Waals surface area contributed by atoms with Crippen molar-refractivity contribution in [3.8, 4) is 11.5 Å². The predicted molar refractivity (Wildman–Crippen MR) is 94.2 cm³/mol. The summed E-state index contributed by atoms with van der Waals surface area (Å²) >= 11 is 0. The maximum atomic E-state index is 12.5. The summed E-state index contributed by atoms with van der Waals surface area (Å²) in [5.41, 5.74) is -0.307. The van der Waals surface area contributed by atoms with Crippen LogP contribution in [0.5, 0.6) is 11.5 Å². The average Bonchev–Trinajstić information content (AvgIpc) is 2.62. The van der Waals surface area contributed by atoms with Gasteiger partial charge in [0.05, 0.1) is 25.3 Å². The van der Waals surface area contributed by atoms with Crippen LogP contribution in [-0.4, -0.2) is 31.2 Å². The molecule has 2 N–H and O–H groups in total. The van der Waals surface area contributed by atoms with Crippen LogP contribution in [0.3, 0.4) is 0 Å². The van der Waals surface area contributed by atoms with Gasteiger partial charge < -0.3 is 19.9 Å². The van der Waals surface area contributed by atoms with Crippen LogP contribution in [-0.2, 0) is 15.0 Å². The molecule has 0 aliphatic carbocycles. The Hall–Kier alpha value is -3.02. The molecule has 0 aliphatic rings. The van der Waals surface area contributed by atoms with Gasteiger partial charge in [-0.15, -0.1) is 0 Å². The lowest BCUT2D eigenvalue weighted by atomic mass is 9.79. The summed E-state index contributed by atoms with van der Waals surface area (Å²) in [5.74, 6) is -0.452. The second-order valence-electron chi connectivity index (χ2n) is 5.79. The van der Waals surface area contributed by atoms with Gasteiger partial charge in [-0.3, -0.25) is 9.59 Å². The minimum absolute atomic E-state index is 0.207. The fourth-order valence-corrected chi connectivity index (χ4v) is 2.52. The van der Waals surface area contributed by atoms with Crippen molar-refractivity contribution in [3.05, 3.63) is 54.1 Å². The highest BCUT2D eigenvalue weighted by Crippen LogP contribution is 2.32. The van der Waals surface area contributed by atoms with E-state index in [1.54, 1.807) is 48.5 Å². The van der Waals surface area contributed by atoms with Gasteiger partial charge >= 0.3 is 5.97 Å². The minimum Gasteiger partial charge on any atom is -0.497 e. The van der Waals surface area contributed by atoms with E-state index in [0.717, 1.165) is 0 Å². The molecule has 6 nitrogen and oxygen atoms in total. The summed E-state index contributed by atoms with van der Waals surface area (Å²) in [6, 6.07) is 13.7. The molecule has 0 unspecified atom stereocenters. The summed E-state index contributed by atoms with van der Waals surface area (Å²) in [6.45, 7) is 1.54. The third kappa shape index (κ3) is 4.09. The summed E-state index contributed by atoms with van der Waals surface area (Å²) in [5, 5.41) is 12.4. The fourth-order valence-electron chi connectivity index (χ4n) is 2.52. The molecule has 0 radical (unpaired) electrons. The molecule has 0 fully saturated rings. The molecule has 2 aromatic rings. The van der Waals surface area contributed by atoms with Crippen molar-refractivity contribution in [2.45, 2.75) is 18.8 Å². The first-order chi connectivity index (χ1) is 11.9. The lowest BCUT2D eigenvalue weighted by Gasteiger charge is -2.25. The highest BCUT2D eigenvalue weighted by Gasteiger charge is 2.37. The summed E-state index contributed by atoms with van der Waals surface area (Å²) < 4.78 is 10.4. The van der Waals surface area contributed by atoms with Crippen LogP contribution >= 0.6 is 0 Å². The standard InChI is InChI=1S/C19H21NO5/c1-19(18(22)23,13-7-5-4-6-8-13)12-17(21)20-15-10-9-14(24-2)11-16(15)25-3/h4-11H,12H2,1-3H3,(H,20,21)(H,22,23)/t19-/m1/s1. The van der Waals surface area contributed by atoms with Crippen molar-refractivity contribution >= 4 is 17.6 Å². The Bertz CT molecular complexity index is 760. The van der Waals surface area contributed by atoms with Gasteiger partial charge in [-0.25, -0.2) is 0 Å². The van der Waals surface area contributed by atoms with Gasteiger partial charge in [-0.2, -0.15) is 0 Å². The van der Waals surface area contributed by atoms with Gasteiger partial charge in [0.25, 0.3) is 0 Å². The van der Waals surface area contributed by atoms with Gasteiger partial charge in [-0.05, 0) is 24.6 Å². The number of carbonyl (C=O) groups excluding carboxylic acids is 1. The first-order valence-electron chi connectivity index (χ1n) is 7.71. The number of hydrogen-bond acceptors (Lipinski definition) is 4. The van der Waals surface area contributed by atoms with Crippen molar-refractivity contribution in [2.75, 3.05) is 19.5 Å². The normalized spacial score (nSPS) is 12.8. The zero-order chi connectivity index (χ0) is 18.4. The zero-order valence-electron chi connectivity index (χ0n) is 14.4. The number of methoxy groups -OCH3 is 2. The first kappa shape index (κ1) is 18.3. The third-order valence-corrected chi connectivity index (χ3v) is 4.08. The molecule has 0 saturated heterocycles. The van der Waals surface area contributed by atoms with Crippen LogP contribution in [0.15, 0.2) is 48.5 Å². The maximum absolute atomic E-state index is 12.5. The summed E-state index contributed by atoms with van der Waals surface area (Å²) in [7, 11) is 3.01. The Morgan fingerprint density at radius 2 is 1.76 bits per heavy atom. The van der Waals surface area contributed by atoms with E-state index in [-0.39, 0.29) is 6.42 Å². The van der Waals surface area contributed by atoms with Crippen molar-refractivity contribution in [1.29, 1.82) is 0 Å². The van der Waals surface area contributed by atoms with Gasteiger partial charge in [0.2, 0.25) is 5.91 Å². The van der Waals surface area contributed by atoms with Gasteiger partial charge in [-0.1, -0.05) is 30.3 Å². The highest BCUT2D eigenvalue weighted by atomic mass is 16.5. The van der Waals surface area contributed by atoms with Crippen molar-refractivity contribution in [1.82, 2.24) is 0 Å². The van der Waals surface area contributed by atoms with Crippen molar-refractivity contribution < 1.29 is 24.2 Å². The molecule has 0 bridgehead atoms. The van der Waals surface area contributed by atoms with Crippen LogP contribution in [0.25, 0.3) is 0 Å². The molecule has 132 valence electrons. The second-order valence-corrected chi connectivity index (χ2v) is 5.79. The highest BCUT2D eigenvalue weighted by molar-refractivity contribution is 5.97. The third-order valence-electron chi connectivity index (χ3n) is 4.08. The Balaban J connectivity index is 2.22. The number of carboxylic acids is 1. The number of rotatable bonds is 7. The molecule has 2 aromatic carbocycles. The molecule has 1 amide bonds. The first-order valence-corrected chi connectivity index (χ1v) is 7.71. The van der Waals surface area contributed by atoms with Crippen LogP contribution in [0, 0.1) is 0 Å². The number of hydrogen-bond donors (Lipinski definition) is 2. The Morgan fingerprint density at radius 3 is 2.32 bits per heavy atom. The average molecular weight is 343 g/mol. The van der Waals surface area contributed by atoms with Gasteiger partial charge in [0.1, 0.15) is 11.5 Å². The number of anilines is 1. The lowest BCUT2D eigenvalue weighted by molar-refractivity contribution is -0.145. The quantitative estimate of drug-likeness (QED) is 0.807. The second kappa shape index (κ2) is 7.70. The van der Waals surface area contributed by atoms with Crippen molar-refractivity contribution in [3.63, 3.8) is 0 Å². The molecule has 0 spiro atoms. The van der Waals surface area contributed by atoms with Gasteiger partial charge in [0.15, 0.2) is 0 Å². The molecule has 0 saturated carbocycles. The molecule has 0 heterocycles. The summed E-state index contributed by atoms with van der Waals surface area (Å²) in [4.78, 5) is 24.3. The Kier molecular flexibility index (Phi) is 5.64. The van der Waals surface area contributed by atoms with Crippen LogP contribution in [0.1, 0.15) is 18.9 Å². The fraction of sp³-hybridized carbons (Fsp3) is 0.263. The summed E-state index contributed by atoms with van der Waals surface area (Å²) in [6.07, 6.45) is -0.207. The molecular weight excluding hydrogens is 322 g/mol. The molecule has 0 aliphatic heterocycles. The number of ether oxygens (including phenoxy) is 2. The van der Waals surface area contributed by atoms with E-state index in [1.165, 1.54) is 21.1 Å². The molecule has 0 aromatic heterocycles. The number of aliphatic carboxylic acids is 1. The molecule has 6 heteroatoms. The maximum Gasteiger partial charge on any atom is 0.314 e. The molecular formula is C19H21NO5. The number of carboxylic acid groups (broad SMARTS) is 1. The Morgan fingerprint density at radius 1 is 1.08 bits per heavy atom. The molecule has 2 rings (SSSR count). The van der Waals surface area contributed by atoms with Crippen LogP contribution in [0.4, 0.5) is 5.69 Å². The Labute approximate surface area is 146 Å².